The van der Waals surface area contributed by atoms with Crippen LogP contribution in [0.3, 0.4) is 0 Å². The Balaban J connectivity index is 1.78. The van der Waals surface area contributed by atoms with E-state index in [4.69, 9.17) is 0 Å². The Hall–Kier alpha value is -1.42. The highest BCUT2D eigenvalue weighted by molar-refractivity contribution is 9.10. The van der Waals surface area contributed by atoms with Gasteiger partial charge < -0.3 is 0 Å². The van der Waals surface area contributed by atoms with Gasteiger partial charge in [0.1, 0.15) is 0 Å². The van der Waals surface area contributed by atoms with Gasteiger partial charge in [-0.25, -0.2) is 4.90 Å². The summed E-state index contributed by atoms with van der Waals surface area (Å²) in [4.78, 5) is 27.1. The van der Waals surface area contributed by atoms with Crippen molar-refractivity contribution in [2.45, 2.75) is 19.8 Å². The van der Waals surface area contributed by atoms with Crippen LogP contribution in [0.2, 0.25) is 0 Å². The Kier molecular flexibility index (Phi) is 2.86. The molecule has 2 fully saturated rings. The van der Waals surface area contributed by atoms with Crippen molar-refractivity contribution in [3.63, 3.8) is 0 Å². The number of aryl methyl sites for hydroxylation is 1. The van der Waals surface area contributed by atoms with Crippen LogP contribution in [-0.2, 0) is 16.0 Å². The van der Waals surface area contributed by atoms with Gasteiger partial charge in [0.05, 0.1) is 17.5 Å². The van der Waals surface area contributed by atoms with Crippen molar-refractivity contribution in [2.24, 2.45) is 23.7 Å². The molecule has 1 saturated carbocycles. The summed E-state index contributed by atoms with van der Waals surface area (Å²) in [5.74, 6) is 0.281. The van der Waals surface area contributed by atoms with Gasteiger partial charge in [-0.3, -0.25) is 9.59 Å². The Morgan fingerprint density at radius 3 is 2.33 bits per heavy atom. The minimum Gasteiger partial charge on any atom is -0.274 e. The molecular formula is C17H16BrNO2. The van der Waals surface area contributed by atoms with Crippen LogP contribution in [0.25, 0.3) is 0 Å². The molecule has 0 N–H and O–H groups in total. The van der Waals surface area contributed by atoms with Crippen molar-refractivity contribution in [1.29, 1.82) is 0 Å². The average Bonchev–Trinajstić information content (AvgIpc) is 3.14. The fourth-order valence-electron chi connectivity index (χ4n) is 4.20. The lowest BCUT2D eigenvalue weighted by Gasteiger charge is -2.20. The number of anilines is 1. The first-order chi connectivity index (χ1) is 10.1. The van der Waals surface area contributed by atoms with E-state index in [1.165, 1.54) is 4.90 Å². The van der Waals surface area contributed by atoms with Gasteiger partial charge in [0.15, 0.2) is 0 Å². The third-order valence-corrected chi connectivity index (χ3v) is 5.63. The SMILES string of the molecule is CCc1cc(Br)ccc1N1C(=O)[C@@H]2[C@H](C1=O)[C@@H]1C=C[C@@H]2C1. The van der Waals surface area contributed by atoms with Crippen LogP contribution in [0.5, 0.6) is 0 Å². The second-order valence-electron chi connectivity index (χ2n) is 6.14. The number of hydrogen-bond donors (Lipinski definition) is 0. The van der Waals surface area contributed by atoms with Gasteiger partial charge in [0.2, 0.25) is 11.8 Å². The summed E-state index contributed by atoms with van der Waals surface area (Å²) in [6.07, 6.45) is 6.03. The first kappa shape index (κ1) is 13.3. The van der Waals surface area contributed by atoms with Crippen LogP contribution in [0.1, 0.15) is 18.9 Å². The first-order valence-corrected chi connectivity index (χ1v) is 8.25. The van der Waals surface area contributed by atoms with Crippen molar-refractivity contribution in [1.82, 2.24) is 0 Å². The lowest BCUT2D eigenvalue weighted by atomic mass is 9.85. The number of carbonyl (C=O) groups excluding carboxylic acids is 2. The van der Waals surface area contributed by atoms with E-state index in [9.17, 15) is 9.59 Å². The van der Waals surface area contributed by atoms with Crippen LogP contribution >= 0.6 is 15.9 Å². The van der Waals surface area contributed by atoms with Crippen molar-refractivity contribution < 1.29 is 9.59 Å². The minimum absolute atomic E-state index is 0.00104. The fourth-order valence-corrected chi connectivity index (χ4v) is 4.60. The quantitative estimate of drug-likeness (QED) is 0.609. The Bertz CT molecular complexity index is 651. The number of fused-ring (bicyclic) bond motifs is 5. The molecule has 1 aliphatic heterocycles. The maximum Gasteiger partial charge on any atom is 0.238 e. The Morgan fingerprint density at radius 2 is 1.76 bits per heavy atom. The van der Waals surface area contributed by atoms with Crippen molar-refractivity contribution in [3.8, 4) is 0 Å². The van der Waals surface area contributed by atoms with E-state index in [0.717, 1.165) is 28.6 Å². The third-order valence-electron chi connectivity index (χ3n) is 5.13. The van der Waals surface area contributed by atoms with Gasteiger partial charge in [-0.1, -0.05) is 35.0 Å². The molecule has 4 heteroatoms. The van der Waals surface area contributed by atoms with Gasteiger partial charge in [-0.2, -0.15) is 0 Å². The largest absolute Gasteiger partial charge is 0.274 e. The summed E-state index contributed by atoms with van der Waals surface area (Å²) in [5, 5.41) is 0. The summed E-state index contributed by atoms with van der Waals surface area (Å²) in [7, 11) is 0. The van der Waals surface area contributed by atoms with E-state index >= 15 is 0 Å². The molecular weight excluding hydrogens is 330 g/mol. The highest BCUT2D eigenvalue weighted by atomic mass is 79.9. The van der Waals surface area contributed by atoms with Gasteiger partial charge >= 0.3 is 0 Å². The van der Waals surface area contributed by atoms with E-state index in [0.29, 0.717) is 0 Å². The number of benzene rings is 1. The molecule has 0 unspecified atom stereocenters. The van der Waals surface area contributed by atoms with Crippen LogP contribution in [0.4, 0.5) is 5.69 Å². The Morgan fingerprint density at radius 1 is 1.14 bits per heavy atom. The zero-order valence-corrected chi connectivity index (χ0v) is 13.3. The summed E-state index contributed by atoms with van der Waals surface area (Å²) >= 11 is 3.46. The van der Waals surface area contributed by atoms with Crippen molar-refractivity contribution in [2.75, 3.05) is 4.90 Å². The van der Waals surface area contributed by atoms with Gasteiger partial charge in [0, 0.05) is 4.47 Å². The summed E-state index contributed by atoms with van der Waals surface area (Å²) in [6.45, 7) is 2.04. The molecule has 2 amide bonds. The van der Waals surface area contributed by atoms with Gasteiger partial charge in [-0.05, 0) is 48.4 Å². The molecule has 1 aromatic rings. The third kappa shape index (κ3) is 1.71. The van der Waals surface area contributed by atoms with Crippen LogP contribution in [0, 0.1) is 23.7 Å². The van der Waals surface area contributed by atoms with E-state index in [2.05, 4.69) is 28.1 Å². The standard InChI is InChI=1S/C17H16BrNO2/c1-2-9-8-12(18)5-6-13(9)19-16(20)14-10-3-4-11(7-10)15(14)17(19)21/h3-6,8,10-11,14-15H,2,7H2,1H3/t10-,11-,14-,15+/m1/s1. The van der Waals surface area contributed by atoms with E-state index in [-0.39, 0.29) is 35.5 Å². The van der Waals surface area contributed by atoms with Crippen LogP contribution in [0.15, 0.2) is 34.8 Å². The van der Waals surface area contributed by atoms with Crippen molar-refractivity contribution in [3.05, 3.63) is 40.4 Å². The summed E-state index contributed by atoms with van der Waals surface area (Å²) in [5.41, 5.74) is 1.80. The van der Waals surface area contributed by atoms with Crippen LogP contribution < -0.4 is 4.90 Å². The zero-order chi connectivity index (χ0) is 14.7. The lowest BCUT2D eigenvalue weighted by molar-refractivity contribution is -0.123. The maximum atomic E-state index is 12.8. The second-order valence-corrected chi connectivity index (χ2v) is 7.05. The monoisotopic (exact) mass is 345 g/mol. The smallest absolute Gasteiger partial charge is 0.238 e. The molecule has 2 bridgehead atoms. The number of carbonyl (C=O) groups is 2. The number of nitrogens with zero attached hydrogens (tertiary/aromatic N) is 1. The average molecular weight is 346 g/mol. The van der Waals surface area contributed by atoms with E-state index in [1.54, 1.807) is 0 Å². The summed E-state index contributed by atoms with van der Waals surface area (Å²) < 4.78 is 0.976. The molecule has 0 aromatic heterocycles. The van der Waals surface area contributed by atoms with Gasteiger partial charge in [0.25, 0.3) is 0 Å². The zero-order valence-electron chi connectivity index (χ0n) is 11.8. The van der Waals surface area contributed by atoms with E-state index in [1.807, 2.05) is 25.1 Å². The number of allylic oxidation sites excluding steroid dienone is 2. The van der Waals surface area contributed by atoms with Crippen molar-refractivity contribution >= 4 is 33.4 Å². The number of rotatable bonds is 2. The Labute approximate surface area is 132 Å². The molecule has 1 saturated heterocycles. The predicted octanol–water partition coefficient (Wildman–Crippen LogP) is 3.32. The van der Waals surface area contributed by atoms with Crippen LogP contribution in [-0.4, -0.2) is 11.8 Å². The first-order valence-electron chi connectivity index (χ1n) is 7.46. The molecule has 3 aliphatic rings. The summed E-state index contributed by atoms with van der Waals surface area (Å²) in [6, 6.07) is 5.78. The highest BCUT2D eigenvalue weighted by Crippen LogP contribution is 2.53. The molecule has 0 radical (unpaired) electrons. The molecule has 1 heterocycles. The maximum absolute atomic E-state index is 12.8. The molecule has 21 heavy (non-hydrogen) atoms. The molecule has 3 nitrogen and oxygen atoms in total. The van der Waals surface area contributed by atoms with Gasteiger partial charge in [-0.15, -0.1) is 0 Å². The molecule has 4 atom stereocenters. The molecule has 1 aromatic carbocycles. The number of imide groups is 1. The number of halogens is 1. The molecule has 2 aliphatic carbocycles. The fraction of sp³-hybridized carbons (Fsp3) is 0.412. The molecule has 4 rings (SSSR count). The lowest BCUT2D eigenvalue weighted by Crippen LogP contribution is -2.33. The molecule has 108 valence electrons. The number of amides is 2. The minimum atomic E-state index is -0.124. The normalized spacial score (nSPS) is 33.1. The predicted molar refractivity (Wildman–Crippen MR) is 83.7 cm³/mol. The second kappa shape index (κ2) is 4.54. The van der Waals surface area contributed by atoms with E-state index < -0.39 is 0 Å². The topological polar surface area (TPSA) is 37.4 Å². The molecule has 0 spiro atoms. The highest BCUT2D eigenvalue weighted by Gasteiger charge is 2.59. The number of hydrogen-bond acceptors (Lipinski definition) is 2.